The second kappa shape index (κ2) is 7.22. The van der Waals surface area contributed by atoms with E-state index in [9.17, 15) is 8.42 Å². The summed E-state index contributed by atoms with van der Waals surface area (Å²) in [6.45, 7) is 4.30. The molecule has 7 heteroatoms. The van der Waals surface area contributed by atoms with E-state index < -0.39 is 10.0 Å². The summed E-state index contributed by atoms with van der Waals surface area (Å²) in [4.78, 5) is 0.0697. The van der Waals surface area contributed by atoms with Gasteiger partial charge in [-0.3, -0.25) is 0 Å². The van der Waals surface area contributed by atoms with Crippen molar-refractivity contribution >= 4 is 37.6 Å². The van der Waals surface area contributed by atoms with Crippen LogP contribution in [0.2, 0.25) is 5.02 Å². The van der Waals surface area contributed by atoms with Crippen LogP contribution < -0.4 is 4.72 Å². The smallest absolute Gasteiger partial charge is 0.242 e. The van der Waals surface area contributed by atoms with Crippen molar-refractivity contribution in [3.8, 4) is 0 Å². The van der Waals surface area contributed by atoms with Gasteiger partial charge < -0.3 is 5.11 Å². The summed E-state index contributed by atoms with van der Waals surface area (Å²) < 4.78 is 27.8. The first-order valence-corrected chi connectivity index (χ1v) is 8.89. The molecular formula is C13H19BrClNO3S. The molecule has 0 bridgehead atoms. The lowest BCUT2D eigenvalue weighted by Gasteiger charge is -2.24. The Kier molecular flexibility index (Phi) is 6.47. The van der Waals surface area contributed by atoms with Gasteiger partial charge in [0.25, 0.3) is 0 Å². The summed E-state index contributed by atoms with van der Waals surface area (Å²) in [5, 5.41) is 9.02. The molecule has 0 aliphatic heterocycles. The largest absolute Gasteiger partial charge is 0.396 e. The SMILES string of the molecule is CC(C)(CCCO)CNS(=O)(=O)c1ccc(Br)cc1Cl. The molecule has 114 valence electrons. The Labute approximate surface area is 133 Å². The lowest BCUT2D eigenvalue weighted by molar-refractivity contribution is 0.242. The zero-order valence-corrected chi connectivity index (χ0v) is 14.6. The van der Waals surface area contributed by atoms with Gasteiger partial charge in [-0.25, -0.2) is 13.1 Å². The van der Waals surface area contributed by atoms with Crippen molar-refractivity contribution in [1.82, 2.24) is 4.72 Å². The third kappa shape index (κ3) is 5.33. The van der Waals surface area contributed by atoms with Crippen molar-refractivity contribution in [2.45, 2.75) is 31.6 Å². The maximum atomic E-state index is 12.2. The quantitative estimate of drug-likeness (QED) is 0.759. The molecule has 0 fully saturated rings. The number of halogens is 2. The Balaban J connectivity index is 2.80. The summed E-state index contributed by atoms with van der Waals surface area (Å²) in [5.41, 5.74) is -0.225. The molecule has 0 heterocycles. The van der Waals surface area contributed by atoms with Gasteiger partial charge in [-0.15, -0.1) is 0 Å². The van der Waals surface area contributed by atoms with E-state index in [-0.39, 0.29) is 21.9 Å². The van der Waals surface area contributed by atoms with Crippen LogP contribution in [0.25, 0.3) is 0 Å². The normalized spacial score (nSPS) is 12.7. The van der Waals surface area contributed by atoms with E-state index in [0.29, 0.717) is 13.0 Å². The van der Waals surface area contributed by atoms with E-state index in [1.807, 2.05) is 13.8 Å². The molecule has 0 radical (unpaired) electrons. The monoisotopic (exact) mass is 383 g/mol. The average Bonchev–Trinajstić information content (AvgIpc) is 2.34. The van der Waals surface area contributed by atoms with Crippen LogP contribution in [0.15, 0.2) is 27.6 Å². The van der Waals surface area contributed by atoms with Crippen LogP contribution in [0.1, 0.15) is 26.7 Å². The average molecular weight is 385 g/mol. The predicted octanol–water partition coefficient (Wildman–Crippen LogP) is 3.18. The summed E-state index contributed by atoms with van der Waals surface area (Å²) in [6.07, 6.45) is 1.38. The van der Waals surface area contributed by atoms with Crippen molar-refractivity contribution in [3.05, 3.63) is 27.7 Å². The molecule has 0 aliphatic rings. The molecule has 1 rings (SSSR count). The zero-order chi connectivity index (χ0) is 15.4. The molecule has 0 saturated carbocycles. The third-order valence-electron chi connectivity index (χ3n) is 2.94. The van der Waals surface area contributed by atoms with Crippen LogP contribution in [-0.2, 0) is 10.0 Å². The van der Waals surface area contributed by atoms with Gasteiger partial charge >= 0.3 is 0 Å². The van der Waals surface area contributed by atoms with E-state index in [1.54, 1.807) is 12.1 Å². The van der Waals surface area contributed by atoms with E-state index >= 15 is 0 Å². The number of nitrogens with one attached hydrogen (secondary N) is 1. The van der Waals surface area contributed by atoms with Crippen LogP contribution in [0.3, 0.4) is 0 Å². The molecule has 0 atom stereocenters. The molecule has 4 nitrogen and oxygen atoms in total. The van der Waals surface area contributed by atoms with Crippen molar-refractivity contribution < 1.29 is 13.5 Å². The highest BCUT2D eigenvalue weighted by atomic mass is 79.9. The van der Waals surface area contributed by atoms with Gasteiger partial charge in [0, 0.05) is 17.6 Å². The van der Waals surface area contributed by atoms with Gasteiger partial charge in [0.1, 0.15) is 4.90 Å². The Morgan fingerprint density at radius 3 is 2.60 bits per heavy atom. The number of hydrogen-bond donors (Lipinski definition) is 2. The number of benzene rings is 1. The molecule has 0 spiro atoms. The Morgan fingerprint density at radius 1 is 1.40 bits per heavy atom. The molecule has 0 aliphatic carbocycles. The van der Waals surface area contributed by atoms with E-state index in [1.165, 1.54) is 6.07 Å². The number of aliphatic hydroxyl groups excluding tert-OH is 1. The fraction of sp³-hybridized carbons (Fsp3) is 0.538. The number of sulfonamides is 1. The summed E-state index contributed by atoms with van der Waals surface area (Å²) in [5.74, 6) is 0. The first-order chi connectivity index (χ1) is 9.18. The molecule has 0 unspecified atom stereocenters. The Morgan fingerprint density at radius 2 is 2.05 bits per heavy atom. The molecular weight excluding hydrogens is 366 g/mol. The van der Waals surface area contributed by atoms with Gasteiger partial charge in [-0.1, -0.05) is 41.4 Å². The fourth-order valence-electron chi connectivity index (χ4n) is 1.71. The van der Waals surface area contributed by atoms with Crippen molar-refractivity contribution in [2.75, 3.05) is 13.2 Å². The maximum Gasteiger partial charge on any atom is 0.242 e. The zero-order valence-electron chi connectivity index (χ0n) is 11.5. The van der Waals surface area contributed by atoms with Crippen LogP contribution in [-0.4, -0.2) is 26.7 Å². The minimum Gasteiger partial charge on any atom is -0.396 e. The minimum atomic E-state index is -3.63. The Hall–Kier alpha value is -0.140. The highest BCUT2D eigenvalue weighted by Gasteiger charge is 2.23. The summed E-state index contributed by atoms with van der Waals surface area (Å²) >= 11 is 9.20. The van der Waals surface area contributed by atoms with E-state index in [4.69, 9.17) is 16.7 Å². The summed E-state index contributed by atoms with van der Waals surface area (Å²) in [6, 6.07) is 4.65. The standard InChI is InChI=1S/C13H19BrClNO3S/c1-13(2,6-3-7-17)9-16-20(18,19)12-5-4-10(14)8-11(12)15/h4-5,8,16-17H,3,6-7,9H2,1-2H3. The maximum absolute atomic E-state index is 12.2. The van der Waals surface area contributed by atoms with Gasteiger partial charge in [0.05, 0.1) is 5.02 Å². The number of hydrogen-bond acceptors (Lipinski definition) is 3. The highest BCUT2D eigenvalue weighted by Crippen LogP contribution is 2.26. The Bertz CT molecular complexity index is 561. The van der Waals surface area contributed by atoms with Gasteiger partial charge in [0.2, 0.25) is 10.0 Å². The van der Waals surface area contributed by atoms with Crippen LogP contribution in [0.4, 0.5) is 0 Å². The van der Waals surface area contributed by atoms with Crippen LogP contribution in [0.5, 0.6) is 0 Å². The molecule has 0 aromatic heterocycles. The van der Waals surface area contributed by atoms with Crippen molar-refractivity contribution in [1.29, 1.82) is 0 Å². The molecule has 1 aromatic rings. The van der Waals surface area contributed by atoms with Crippen molar-refractivity contribution in [3.63, 3.8) is 0 Å². The van der Waals surface area contributed by atoms with Crippen molar-refractivity contribution in [2.24, 2.45) is 5.41 Å². The second-order valence-corrected chi connectivity index (χ2v) is 8.45. The number of aliphatic hydroxyl groups is 1. The third-order valence-corrected chi connectivity index (χ3v) is 5.31. The molecule has 0 amide bonds. The van der Waals surface area contributed by atoms with Gasteiger partial charge in [-0.2, -0.15) is 0 Å². The minimum absolute atomic E-state index is 0.0697. The molecule has 0 saturated heterocycles. The lowest BCUT2D eigenvalue weighted by atomic mass is 9.88. The highest BCUT2D eigenvalue weighted by molar-refractivity contribution is 9.10. The topological polar surface area (TPSA) is 66.4 Å². The summed E-state index contributed by atoms with van der Waals surface area (Å²) in [7, 11) is -3.63. The first-order valence-electron chi connectivity index (χ1n) is 6.23. The molecule has 2 N–H and O–H groups in total. The fourth-order valence-corrected chi connectivity index (χ4v) is 3.98. The van der Waals surface area contributed by atoms with Gasteiger partial charge in [-0.05, 0) is 36.5 Å². The number of rotatable bonds is 7. The predicted molar refractivity (Wildman–Crippen MR) is 84.4 cm³/mol. The van der Waals surface area contributed by atoms with Gasteiger partial charge in [0.15, 0.2) is 0 Å². The molecule has 1 aromatic carbocycles. The van der Waals surface area contributed by atoms with E-state index in [2.05, 4.69) is 20.7 Å². The van der Waals surface area contributed by atoms with E-state index in [0.717, 1.165) is 10.9 Å². The van der Waals surface area contributed by atoms with Crippen LogP contribution >= 0.6 is 27.5 Å². The van der Waals surface area contributed by atoms with Crippen LogP contribution in [0, 0.1) is 5.41 Å². The first kappa shape index (κ1) is 17.9. The second-order valence-electron chi connectivity index (χ2n) is 5.39. The lowest BCUT2D eigenvalue weighted by Crippen LogP contribution is -2.34. The molecule has 20 heavy (non-hydrogen) atoms.